The molecule has 120 valence electrons. The predicted molar refractivity (Wildman–Crippen MR) is 85.7 cm³/mol. The molecule has 0 aromatic rings. The number of fused-ring (bicyclic) bond motifs is 1. The molecule has 0 radical (unpaired) electrons. The molecule has 2 nitrogen and oxygen atoms in total. The average Bonchev–Trinajstić information content (AvgIpc) is 2.57. The second-order valence-electron chi connectivity index (χ2n) is 11.4. The van der Waals surface area contributed by atoms with E-state index in [1.807, 2.05) is 0 Å². The minimum atomic E-state index is 0.189. The molecule has 10 aliphatic rings. The van der Waals surface area contributed by atoms with Crippen molar-refractivity contribution in [3.8, 4) is 0 Å². The van der Waals surface area contributed by atoms with Gasteiger partial charge in [0.1, 0.15) is 0 Å². The number of hydrogen-bond acceptors (Lipinski definition) is 2. The lowest BCUT2D eigenvalue weighted by Crippen LogP contribution is -2.81. The normalized spacial score (nSPS) is 78.4. The fourth-order valence-electron chi connectivity index (χ4n) is 11.3. The maximum Gasteiger partial charge on any atom is 0.0168 e. The molecule has 1 spiro atoms. The van der Waals surface area contributed by atoms with Gasteiger partial charge in [0.15, 0.2) is 0 Å². The maximum absolute atomic E-state index is 7.03. The van der Waals surface area contributed by atoms with Gasteiger partial charge in [-0.15, -0.1) is 0 Å². The van der Waals surface area contributed by atoms with Crippen LogP contribution in [0.1, 0.15) is 58.3 Å². The van der Waals surface area contributed by atoms with Gasteiger partial charge in [-0.05, 0) is 104 Å². The number of nitrogens with two attached hydrogens (primary N) is 2. The highest BCUT2D eigenvalue weighted by Crippen LogP contribution is 2.86. The van der Waals surface area contributed by atoms with Gasteiger partial charge in [0.2, 0.25) is 0 Å². The summed E-state index contributed by atoms with van der Waals surface area (Å²) in [4.78, 5) is 0. The first-order valence-corrected chi connectivity index (χ1v) is 9.96. The summed E-state index contributed by atoms with van der Waals surface area (Å²) < 4.78 is 0. The molecule has 0 aliphatic heterocycles. The summed E-state index contributed by atoms with van der Waals surface area (Å²) >= 11 is 0. The second-order valence-corrected chi connectivity index (χ2v) is 11.4. The van der Waals surface area contributed by atoms with Crippen LogP contribution in [0, 0.1) is 52.3 Å². The summed E-state index contributed by atoms with van der Waals surface area (Å²) in [6.07, 6.45) is 11.1. The highest BCUT2D eigenvalue weighted by atomic mass is 14.9. The van der Waals surface area contributed by atoms with Gasteiger partial charge in [-0.1, -0.05) is 6.92 Å². The zero-order valence-electron chi connectivity index (χ0n) is 13.9. The van der Waals surface area contributed by atoms with Crippen molar-refractivity contribution >= 4 is 0 Å². The van der Waals surface area contributed by atoms with E-state index in [1.54, 1.807) is 6.42 Å². The summed E-state index contributed by atoms with van der Waals surface area (Å²) in [6, 6.07) is 0. The molecule has 11 unspecified atom stereocenters. The molecule has 0 aromatic carbocycles. The third-order valence-corrected chi connectivity index (χ3v) is 10.8. The minimum Gasteiger partial charge on any atom is -0.325 e. The van der Waals surface area contributed by atoms with Crippen LogP contribution in [-0.4, -0.2) is 11.1 Å². The fraction of sp³-hybridized carbons (Fsp3) is 1.00. The summed E-state index contributed by atoms with van der Waals surface area (Å²) in [5, 5.41) is 0. The standard InChI is InChI=1S/C20H30N2/c1-17-8-19(22)7-13-14(17)4-10-11-5-18(21)2-3-20(9-19,15(11)13)16(17)12(10)6-18/h10-16H,2-9,21-22H2,1H3. The van der Waals surface area contributed by atoms with E-state index in [-0.39, 0.29) is 11.1 Å². The smallest absolute Gasteiger partial charge is 0.0168 e. The largest absolute Gasteiger partial charge is 0.325 e. The molecule has 0 saturated heterocycles. The first-order chi connectivity index (χ1) is 10.4. The Balaban J connectivity index is 1.56. The van der Waals surface area contributed by atoms with Crippen molar-refractivity contribution in [1.29, 1.82) is 0 Å². The van der Waals surface area contributed by atoms with E-state index >= 15 is 0 Å². The summed E-state index contributed by atoms with van der Waals surface area (Å²) in [5.74, 6) is 7.00. The van der Waals surface area contributed by atoms with Crippen LogP contribution in [0.2, 0.25) is 0 Å². The monoisotopic (exact) mass is 298 g/mol. The summed E-state index contributed by atoms with van der Waals surface area (Å²) in [7, 11) is 0. The molecule has 10 saturated carbocycles. The van der Waals surface area contributed by atoms with Crippen LogP contribution in [0.5, 0.6) is 0 Å². The van der Waals surface area contributed by atoms with Crippen LogP contribution in [0.4, 0.5) is 0 Å². The van der Waals surface area contributed by atoms with E-state index in [2.05, 4.69) is 6.92 Å². The van der Waals surface area contributed by atoms with Gasteiger partial charge in [0.25, 0.3) is 0 Å². The average molecular weight is 298 g/mol. The Hall–Kier alpha value is -0.0800. The topological polar surface area (TPSA) is 52.0 Å². The van der Waals surface area contributed by atoms with E-state index in [4.69, 9.17) is 11.5 Å². The van der Waals surface area contributed by atoms with Gasteiger partial charge in [-0.2, -0.15) is 0 Å². The van der Waals surface area contributed by atoms with Crippen molar-refractivity contribution in [2.75, 3.05) is 0 Å². The molecule has 0 heterocycles. The third-order valence-electron chi connectivity index (χ3n) is 10.8. The molecule has 10 rings (SSSR count). The van der Waals surface area contributed by atoms with E-state index < -0.39 is 0 Å². The van der Waals surface area contributed by atoms with Crippen LogP contribution >= 0.6 is 0 Å². The Kier molecular flexibility index (Phi) is 1.66. The Morgan fingerprint density at radius 1 is 0.818 bits per heavy atom. The first kappa shape index (κ1) is 12.3. The van der Waals surface area contributed by atoms with E-state index in [0.29, 0.717) is 10.8 Å². The quantitative estimate of drug-likeness (QED) is 0.722. The van der Waals surface area contributed by atoms with Crippen LogP contribution in [0.25, 0.3) is 0 Å². The van der Waals surface area contributed by atoms with E-state index in [1.165, 1.54) is 44.9 Å². The maximum atomic E-state index is 7.03. The lowest BCUT2D eigenvalue weighted by Gasteiger charge is -2.84. The third kappa shape index (κ3) is 0.966. The Labute approximate surface area is 133 Å². The molecule has 10 fully saturated rings. The van der Waals surface area contributed by atoms with Gasteiger partial charge in [-0.25, -0.2) is 0 Å². The minimum absolute atomic E-state index is 0.189. The SMILES string of the molecule is CC12CC3(N)CC4C1CC1C5CC6(N)CCC(C3)(C54)C2C1C6. The van der Waals surface area contributed by atoms with Crippen molar-refractivity contribution < 1.29 is 0 Å². The Morgan fingerprint density at radius 2 is 1.59 bits per heavy atom. The molecule has 0 aromatic heterocycles. The lowest BCUT2D eigenvalue weighted by molar-refractivity contribution is -0.344. The Bertz CT molecular complexity index is 617. The molecule has 11 atom stereocenters. The number of rotatable bonds is 0. The molecule has 0 amide bonds. The molecule has 4 N–H and O–H groups in total. The molecule has 11 bridgehead atoms. The summed E-state index contributed by atoms with van der Waals surface area (Å²) in [5.41, 5.74) is 15.6. The zero-order chi connectivity index (χ0) is 14.7. The van der Waals surface area contributed by atoms with Gasteiger partial charge in [0.05, 0.1) is 0 Å². The molecule has 22 heavy (non-hydrogen) atoms. The van der Waals surface area contributed by atoms with Crippen molar-refractivity contribution in [2.45, 2.75) is 69.4 Å². The van der Waals surface area contributed by atoms with E-state index in [0.717, 1.165) is 41.4 Å². The van der Waals surface area contributed by atoms with Crippen LogP contribution < -0.4 is 11.5 Å². The van der Waals surface area contributed by atoms with Crippen LogP contribution in [0.3, 0.4) is 0 Å². The van der Waals surface area contributed by atoms with Crippen molar-refractivity contribution in [2.24, 2.45) is 63.7 Å². The van der Waals surface area contributed by atoms with E-state index in [9.17, 15) is 0 Å². The molecular formula is C20H30N2. The summed E-state index contributed by atoms with van der Waals surface area (Å²) in [6.45, 7) is 2.68. The van der Waals surface area contributed by atoms with Gasteiger partial charge < -0.3 is 11.5 Å². The fourth-order valence-corrected chi connectivity index (χ4v) is 11.3. The van der Waals surface area contributed by atoms with Gasteiger partial charge in [0, 0.05) is 11.1 Å². The molecule has 2 heteroatoms. The molecule has 10 aliphatic carbocycles. The zero-order valence-corrected chi connectivity index (χ0v) is 13.9. The van der Waals surface area contributed by atoms with Gasteiger partial charge >= 0.3 is 0 Å². The van der Waals surface area contributed by atoms with Crippen molar-refractivity contribution in [1.82, 2.24) is 0 Å². The van der Waals surface area contributed by atoms with Crippen LogP contribution in [-0.2, 0) is 0 Å². The predicted octanol–water partition coefficient (Wildman–Crippen LogP) is 2.90. The molecular weight excluding hydrogens is 268 g/mol. The highest BCUT2D eigenvalue weighted by molar-refractivity contribution is 5.32. The van der Waals surface area contributed by atoms with Crippen LogP contribution in [0.15, 0.2) is 0 Å². The van der Waals surface area contributed by atoms with Gasteiger partial charge in [-0.3, -0.25) is 0 Å². The lowest BCUT2D eigenvalue weighted by atomic mass is 9.21. The first-order valence-electron chi connectivity index (χ1n) is 9.96. The number of hydrogen-bond donors (Lipinski definition) is 2. The van der Waals surface area contributed by atoms with Crippen molar-refractivity contribution in [3.05, 3.63) is 0 Å². The highest BCUT2D eigenvalue weighted by Gasteiger charge is 2.82. The Morgan fingerprint density at radius 3 is 2.45 bits per heavy atom. The second kappa shape index (κ2) is 2.96. The van der Waals surface area contributed by atoms with Crippen molar-refractivity contribution in [3.63, 3.8) is 0 Å².